The van der Waals surface area contributed by atoms with Crippen LogP contribution in [0.25, 0.3) is 0 Å². The van der Waals surface area contributed by atoms with Crippen LogP contribution in [0.2, 0.25) is 0 Å². The summed E-state index contributed by atoms with van der Waals surface area (Å²) in [5, 5.41) is 0. The molecule has 0 heterocycles. The summed E-state index contributed by atoms with van der Waals surface area (Å²) in [4.78, 5) is 37.8. The van der Waals surface area contributed by atoms with Crippen LogP contribution in [0.5, 0.6) is 0 Å². The molecule has 30 heavy (non-hydrogen) atoms. The number of esters is 2. The van der Waals surface area contributed by atoms with E-state index in [0.717, 1.165) is 10.0 Å². The molecule has 6 heteroatoms. The lowest BCUT2D eigenvalue weighted by atomic mass is 9.71. The first-order valence-electron chi connectivity index (χ1n) is 9.70. The summed E-state index contributed by atoms with van der Waals surface area (Å²) in [6.45, 7) is 6.96. The fraction of sp³-hybridized carbons (Fsp3) is 0.375. The van der Waals surface area contributed by atoms with Gasteiger partial charge in [0.1, 0.15) is 18.5 Å². The third-order valence-corrected chi connectivity index (χ3v) is 5.27. The van der Waals surface area contributed by atoms with Gasteiger partial charge in [-0.15, -0.1) is 0 Å². The summed E-state index contributed by atoms with van der Waals surface area (Å²) in [6, 6.07) is 16.3. The van der Waals surface area contributed by atoms with Crippen LogP contribution >= 0.6 is 15.9 Å². The Morgan fingerprint density at radius 1 is 1.00 bits per heavy atom. The van der Waals surface area contributed by atoms with Gasteiger partial charge in [0.25, 0.3) is 0 Å². The summed E-state index contributed by atoms with van der Waals surface area (Å²) in [5.41, 5.74) is -0.532. The summed E-state index contributed by atoms with van der Waals surface area (Å²) in [5.74, 6) is -2.20. The molecular weight excluding hydrogens is 448 g/mol. The Morgan fingerprint density at radius 3 is 2.13 bits per heavy atom. The lowest BCUT2D eigenvalue weighted by Gasteiger charge is -2.33. The topological polar surface area (TPSA) is 69.7 Å². The Labute approximate surface area is 185 Å². The molecule has 0 amide bonds. The molecule has 0 aliphatic rings. The van der Waals surface area contributed by atoms with Gasteiger partial charge in [0.2, 0.25) is 0 Å². The van der Waals surface area contributed by atoms with Gasteiger partial charge in [0, 0.05) is 4.47 Å². The van der Waals surface area contributed by atoms with Gasteiger partial charge in [0.05, 0.1) is 17.8 Å². The maximum absolute atomic E-state index is 13.0. The lowest BCUT2D eigenvalue weighted by Crippen LogP contribution is -2.43. The van der Waals surface area contributed by atoms with Gasteiger partial charge in [-0.25, -0.2) is 0 Å². The van der Waals surface area contributed by atoms with E-state index in [4.69, 9.17) is 9.47 Å². The SMILES string of the molecule is CC(C)(C)OC(=O)[C@H](CC(=O)OCc1ccc(Br)cc1)[C@@](C)(C=O)c1ccccc1. The van der Waals surface area contributed by atoms with E-state index in [9.17, 15) is 14.4 Å². The van der Waals surface area contributed by atoms with Crippen molar-refractivity contribution in [1.82, 2.24) is 0 Å². The predicted molar refractivity (Wildman–Crippen MR) is 118 cm³/mol. The Kier molecular flexibility index (Phi) is 7.96. The van der Waals surface area contributed by atoms with Crippen LogP contribution < -0.4 is 0 Å². The summed E-state index contributed by atoms with van der Waals surface area (Å²) >= 11 is 3.36. The second-order valence-corrected chi connectivity index (χ2v) is 9.26. The van der Waals surface area contributed by atoms with Gasteiger partial charge in [-0.05, 0) is 51.0 Å². The molecule has 2 aromatic carbocycles. The van der Waals surface area contributed by atoms with Gasteiger partial charge in [-0.2, -0.15) is 0 Å². The second-order valence-electron chi connectivity index (χ2n) is 8.34. The molecule has 0 radical (unpaired) electrons. The number of halogens is 1. The Morgan fingerprint density at radius 2 is 1.60 bits per heavy atom. The number of hydrogen-bond acceptors (Lipinski definition) is 5. The molecule has 2 rings (SSSR count). The predicted octanol–water partition coefficient (Wildman–Crippen LogP) is 5.00. The monoisotopic (exact) mass is 474 g/mol. The smallest absolute Gasteiger partial charge is 0.311 e. The van der Waals surface area contributed by atoms with E-state index in [1.807, 2.05) is 30.3 Å². The van der Waals surface area contributed by atoms with Crippen LogP contribution in [-0.2, 0) is 35.9 Å². The zero-order valence-electron chi connectivity index (χ0n) is 17.7. The molecule has 0 bridgehead atoms. The normalized spacial score (nSPS) is 14.3. The van der Waals surface area contributed by atoms with E-state index in [-0.39, 0.29) is 13.0 Å². The first-order chi connectivity index (χ1) is 14.0. The van der Waals surface area contributed by atoms with Crippen molar-refractivity contribution in [2.24, 2.45) is 5.92 Å². The van der Waals surface area contributed by atoms with Gasteiger partial charge in [-0.3, -0.25) is 9.59 Å². The van der Waals surface area contributed by atoms with Gasteiger partial charge < -0.3 is 14.3 Å². The number of rotatable bonds is 8. The van der Waals surface area contributed by atoms with Crippen LogP contribution in [0.1, 0.15) is 45.2 Å². The Balaban J connectivity index is 2.24. The molecule has 0 aliphatic carbocycles. The summed E-state index contributed by atoms with van der Waals surface area (Å²) in [7, 11) is 0. The molecule has 0 N–H and O–H groups in total. The third-order valence-electron chi connectivity index (χ3n) is 4.74. The summed E-state index contributed by atoms with van der Waals surface area (Å²) in [6.07, 6.45) is 0.439. The van der Waals surface area contributed by atoms with Crippen LogP contribution in [0, 0.1) is 5.92 Å². The van der Waals surface area contributed by atoms with Crippen LogP contribution in [0.3, 0.4) is 0 Å². The van der Waals surface area contributed by atoms with Crippen molar-refractivity contribution >= 4 is 34.2 Å². The lowest BCUT2D eigenvalue weighted by molar-refractivity contribution is -0.167. The van der Waals surface area contributed by atoms with Crippen molar-refractivity contribution in [3.8, 4) is 0 Å². The zero-order chi connectivity index (χ0) is 22.4. The molecule has 160 valence electrons. The number of carbonyl (C=O) groups excluding carboxylic acids is 3. The Bertz CT molecular complexity index is 871. The number of ether oxygens (including phenoxy) is 2. The maximum atomic E-state index is 13.0. The van der Waals surface area contributed by atoms with E-state index in [2.05, 4.69) is 15.9 Å². The number of hydrogen-bond donors (Lipinski definition) is 0. The average Bonchev–Trinajstić information content (AvgIpc) is 2.70. The molecule has 0 fully saturated rings. The highest BCUT2D eigenvalue weighted by Crippen LogP contribution is 2.35. The van der Waals surface area contributed by atoms with Gasteiger partial charge in [-0.1, -0.05) is 58.4 Å². The number of benzene rings is 2. The molecule has 0 saturated carbocycles. The highest BCUT2D eigenvalue weighted by molar-refractivity contribution is 9.10. The standard InChI is InChI=1S/C24H27BrO5/c1-23(2,3)30-22(28)20(24(4,16-26)18-8-6-5-7-9-18)14-21(27)29-15-17-10-12-19(25)13-11-17/h5-13,16,20H,14-15H2,1-4H3/t20-,24-/m0/s1. The van der Waals surface area contributed by atoms with Crippen LogP contribution in [0.4, 0.5) is 0 Å². The quantitative estimate of drug-likeness (QED) is 0.397. The fourth-order valence-corrected chi connectivity index (χ4v) is 3.30. The van der Waals surface area contributed by atoms with E-state index < -0.39 is 28.9 Å². The average molecular weight is 475 g/mol. The number of aldehydes is 1. The molecule has 5 nitrogen and oxygen atoms in total. The van der Waals surface area contributed by atoms with Crippen molar-refractivity contribution in [2.75, 3.05) is 0 Å². The minimum Gasteiger partial charge on any atom is -0.461 e. The van der Waals surface area contributed by atoms with Crippen molar-refractivity contribution in [1.29, 1.82) is 0 Å². The molecular formula is C24H27BrO5. The minimum absolute atomic E-state index is 0.0797. The zero-order valence-corrected chi connectivity index (χ0v) is 19.3. The fourth-order valence-electron chi connectivity index (χ4n) is 3.03. The molecule has 2 atom stereocenters. The first kappa shape index (κ1) is 23.8. The van der Waals surface area contributed by atoms with Gasteiger partial charge >= 0.3 is 11.9 Å². The highest BCUT2D eigenvalue weighted by atomic mass is 79.9. The van der Waals surface area contributed by atoms with Crippen molar-refractivity contribution < 1.29 is 23.9 Å². The van der Waals surface area contributed by atoms with Crippen molar-refractivity contribution in [2.45, 2.75) is 51.7 Å². The molecule has 0 unspecified atom stereocenters. The molecule has 2 aromatic rings. The second kappa shape index (κ2) is 10.0. The van der Waals surface area contributed by atoms with E-state index in [0.29, 0.717) is 11.8 Å². The van der Waals surface area contributed by atoms with Gasteiger partial charge in [0.15, 0.2) is 0 Å². The number of carbonyl (C=O) groups is 3. The highest BCUT2D eigenvalue weighted by Gasteiger charge is 2.44. The van der Waals surface area contributed by atoms with Crippen LogP contribution in [-0.4, -0.2) is 23.8 Å². The van der Waals surface area contributed by atoms with E-state index in [1.54, 1.807) is 52.0 Å². The Hall–Kier alpha value is -2.47. The molecule has 0 saturated heterocycles. The molecule has 0 spiro atoms. The molecule has 0 aromatic heterocycles. The largest absolute Gasteiger partial charge is 0.461 e. The van der Waals surface area contributed by atoms with Crippen LogP contribution in [0.15, 0.2) is 59.1 Å². The first-order valence-corrected chi connectivity index (χ1v) is 10.5. The van der Waals surface area contributed by atoms with E-state index in [1.165, 1.54) is 0 Å². The summed E-state index contributed by atoms with van der Waals surface area (Å²) < 4.78 is 11.8. The minimum atomic E-state index is -1.24. The van der Waals surface area contributed by atoms with Crippen molar-refractivity contribution in [3.63, 3.8) is 0 Å². The maximum Gasteiger partial charge on any atom is 0.311 e. The third kappa shape index (κ3) is 6.52. The van der Waals surface area contributed by atoms with Crippen molar-refractivity contribution in [3.05, 3.63) is 70.2 Å². The van der Waals surface area contributed by atoms with E-state index >= 15 is 0 Å². The molecule has 0 aliphatic heterocycles.